The van der Waals surface area contributed by atoms with Crippen LogP contribution in [-0.4, -0.2) is 29.0 Å². The Labute approximate surface area is 136 Å². The van der Waals surface area contributed by atoms with Gasteiger partial charge in [0.2, 0.25) is 0 Å². The van der Waals surface area contributed by atoms with Crippen molar-refractivity contribution in [2.24, 2.45) is 5.92 Å². The van der Waals surface area contributed by atoms with Crippen LogP contribution in [0.5, 0.6) is 5.75 Å². The van der Waals surface area contributed by atoms with Crippen LogP contribution in [0.25, 0.3) is 0 Å². The lowest BCUT2D eigenvalue weighted by atomic mass is 10.1. The number of anilines is 1. The van der Waals surface area contributed by atoms with Gasteiger partial charge in [-0.3, -0.25) is 9.78 Å². The second-order valence-corrected chi connectivity index (χ2v) is 5.99. The van der Waals surface area contributed by atoms with E-state index in [1.54, 1.807) is 19.5 Å². The number of rotatable bonds is 5. The minimum Gasteiger partial charge on any atom is -0.497 e. The molecule has 1 fully saturated rings. The van der Waals surface area contributed by atoms with E-state index in [1.807, 2.05) is 36.1 Å². The molecule has 1 aliphatic rings. The molecule has 1 saturated carbocycles. The summed E-state index contributed by atoms with van der Waals surface area (Å²) in [5.41, 5.74) is 2.03. The number of carbonyl (C=O) groups excluding carboxylic acids is 1. The van der Waals surface area contributed by atoms with Gasteiger partial charge in [0.05, 0.1) is 19.0 Å². The summed E-state index contributed by atoms with van der Waals surface area (Å²) < 4.78 is 5.20. The Hall–Kier alpha value is -2.43. The Morgan fingerprint density at radius 3 is 2.43 bits per heavy atom. The topological polar surface area (TPSA) is 55.3 Å². The number of hydrogen-bond donors (Lipinski definition) is 0. The van der Waals surface area contributed by atoms with Crippen LogP contribution < -0.4 is 9.64 Å². The van der Waals surface area contributed by atoms with Crippen LogP contribution in [0.4, 0.5) is 5.69 Å². The highest BCUT2D eigenvalue weighted by Crippen LogP contribution is 2.37. The smallest absolute Gasteiger partial charge is 0.278 e. The third-order valence-corrected chi connectivity index (χ3v) is 4.28. The second kappa shape index (κ2) is 6.36. The van der Waals surface area contributed by atoms with Gasteiger partial charge in [0.15, 0.2) is 0 Å². The van der Waals surface area contributed by atoms with Crippen molar-refractivity contribution in [3.63, 3.8) is 0 Å². The van der Waals surface area contributed by atoms with Gasteiger partial charge in [-0.05, 0) is 56.9 Å². The first-order valence-electron chi connectivity index (χ1n) is 7.86. The predicted octanol–water partition coefficient (Wildman–Crippen LogP) is 3.24. The molecule has 1 atom stereocenters. The molecular formula is C18H21N3O2. The molecule has 5 heteroatoms. The van der Waals surface area contributed by atoms with Crippen molar-refractivity contribution in [1.82, 2.24) is 9.97 Å². The maximum atomic E-state index is 13.0. The Bertz CT molecular complexity index is 678. The maximum absolute atomic E-state index is 13.0. The SMILES string of the molecule is COc1ccc(N(C(=O)c2cnc(C)cn2)[C@H](C)C2CC2)cc1. The molecule has 0 bridgehead atoms. The van der Waals surface area contributed by atoms with Crippen molar-refractivity contribution in [2.45, 2.75) is 32.7 Å². The maximum Gasteiger partial charge on any atom is 0.278 e. The Morgan fingerprint density at radius 2 is 1.91 bits per heavy atom. The number of hydrogen-bond acceptors (Lipinski definition) is 4. The molecule has 0 spiro atoms. The number of carbonyl (C=O) groups is 1. The summed E-state index contributed by atoms with van der Waals surface area (Å²) in [6, 6.07) is 7.71. The molecular weight excluding hydrogens is 290 g/mol. The average Bonchev–Trinajstić information content (AvgIpc) is 3.41. The first kappa shape index (κ1) is 15.5. The molecule has 0 saturated heterocycles. The summed E-state index contributed by atoms with van der Waals surface area (Å²) in [6.07, 6.45) is 5.51. The van der Waals surface area contributed by atoms with Crippen LogP contribution in [0.2, 0.25) is 0 Å². The van der Waals surface area contributed by atoms with Gasteiger partial charge in [0.25, 0.3) is 5.91 Å². The molecule has 0 radical (unpaired) electrons. The zero-order valence-electron chi connectivity index (χ0n) is 13.7. The number of ether oxygens (including phenoxy) is 1. The van der Waals surface area contributed by atoms with Crippen LogP contribution in [0.15, 0.2) is 36.7 Å². The van der Waals surface area contributed by atoms with Crippen molar-refractivity contribution in [3.05, 3.63) is 48.0 Å². The molecule has 3 rings (SSSR count). The molecule has 120 valence electrons. The van der Waals surface area contributed by atoms with Crippen molar-refractivity contribution in [3.8, 4) is 5.75 Å². The van der Waals surface area contributed by atoms with Gasteiger partial charge in [-0.25, -0.2) is 4.98 Å². The van der Waals surface area contributed by atoms with E-state index in [0.29, 0.717) is 11.6 Å². The highest BCUT2D eigenvalue weighted by Gasteiger charge is 2.36. The third kappa shape index (κ3) is 3.33. The van der Waals surface area contributed by atoms with E-state index in [-0.39, 0.29) is 11.9 Å². The largest absolute Gasteiger partial charge is 0.497 e. The first-order valence-corrected chi connectivity index (χ1v) is 7.86. The second-order valence-electron chi connectivity index (χ2n) is 5.99. The number of aryl methyl sites for hydroxylation is 1. The lowest BCUT2D eigenvalue weighted by Crippen LogP contribution is -2.40. The van der Waals surface area contributed by atoms with Crippen molar-refractivity contribution < 1.29 is 9.53 Å². The van der Waals surface area contributed by atoms with Crippen molar-refractivity contribution in [2.75, 3.05) is 12.0 Å². The summed E-state index contributed by atoms with van der Waals surface area (Å²) in [5.74, 6) is 1.22. The normalized spacial score (nSPS) is 15.1. The highest BCUT2D eigenvalue weighted by atomic mass is 16.5. The molecule has 1 aromatic heterocycles. The number of amides is 1. The summed E-state index contributed by atoms with van der Waals surface area (Å²) in [7, 11) is 1.63. The molecule has 0 unspecified atom stereocenters. The predicted molar refractivity (Wildman–Crippen MR) is 88.8 cm³/mol. The standard InChI is InChI=1S/C18H21N3O2/c1-12-10-20-17(11-19-12)18(22)21(13(2)14-4-5-14)15-6-8-16(23-3)9-7-15/h6-11,13-14H,4-5H2,1-3H3/t13-/m1/s1. The molecule has 1 aromatic carbocycles. The third-order valence-electron chi connectivity index (χ3n) is 4.28. The summed E-state index contributed by atoms with van der Waals surface area (Å²) >= 11 is 0. The molecule has 1 heterocycles. The molecule has 2 aromatic rings. The summed E-state index contributed by atoms with van der Waals surface area (Å²) in [4.78, 5) is 23.2. The van der Waals surface area contributed by atoms with Gasteiger partial charge >= 0.3 is 0 Å². The zero-order chi connectivity index (χ0) is 16.4. The van der Waals surface area contributed by atoms with E-state index in [2.05, 4.69) is 16.9 Å². The highest BCUT2D eigenvalue weighted by molar-refractivity contribution is 6.05. The van der Waals surface area contributed by atoms with Crippen LogP contribution in [-0.2, 0) is 0 Å². The molecule has 0 aliphatic heterocycles. The molecule has 1 amide bonds. The van der Waals surface area contributed by atoms with Gasteiger partial charge in [0.1, 0.15) is 11.4 Å². The zero-order valence-corrected chi connectivity index (χ0v) is 13.7. The number of aromatic nitrogens is 2. The van der Waals surface area contributed by atoms with Crippen LogP contribution in [0.3, 0.4) is 0 Å². The fraction of sp³-hybridized carbons (Fsp3) is 0.389. The quantitative estimate of drug-likeness (QED) is 0.850. The number of benzene rings is 1. The molecule has 23 heavy (non-hydrogen) atoms. The van der Waals surface area contributed by atoms with Crippen LogP contribution >= 0.6 is 0 Å². The number of methoxy groups -OCH3 is 1. The number of nitrogens with zero attached hydrogens (tertiary/aromatic N) is 3. The molecule has 1 aliphatic carbocycles. The van der Waals surface area contributed by atoms with Gasteiger partial charge in [-0.15, -0.1) is 0 Å². The van der Waals surface area contributed by atoms with E-state index >= 15 is 0 Å². The first-order chi connectivity index (χ1) is 11.1. The van der Waals surface area contributed by atoms with Crippen LogP contribution in [0, 0.1) is 12.8 Å². The molecule has 5 nitrogen and oxygen atoms in total. The van der Waals surface area contributed by atoms with Gasteiger partial charge < -0.3 is 9.64 Å². The molecule has 0 N–H and O–H groups in total. The Morgan fingerprint density at radius 1 is 1.22 bits per heavy atom. The monoisotopic (exact) mass is 311 g/mol. The van der Waals surface area contributed by atoms with Crippen molar-refractivity contribution >= 4 is 11.6 Å². The van der Waals surface area contributed by atoms with E-state index < -0.39 is 0 Å². The lowest BCUT2D eigenvalue weighted by molar-refractivity contribution is 0.0970. The minimum atomic E-state index is -0.109. The average molecular weight is 311 g/mol. The van der Waals surface area contributed by atoms with E-state index in [9.17, 15) is 4.79 Å². The lowest BCUT2D eigenvalue weighted by Gasteiger charge is -2.29. The van der Waals surface area contributed by atoms with Gasteiger partial charge in [0, 0.05) is 17.9 Å². The Kier molecular flexibility index (Phi) is 4.28. The fourth-order valence-electron chi connectivity index (χ4n) is 2.70. The fourth-order valence-corrected chi connectivity index (χ4v) is 2.70. The van der Waals surface area contributed by atoms with E-state index in [0.717, 1.165) is 17.1 Å². The van der Waals surface area contributed by atoms with E-state index in [1.165, 1.54) is 12.8 Å². The van der Waals surface area contributed by atoms with E-state index in [4.69, 9.17) is 4.74 Å². The Balaban J connectivity index is 1.93. The summed E-state index contributed by atoms with van der Waals surface area (Å²) in [6.45, 7) is 3.96. The minimum absolute atomic E-state index is 0.109. The summed E-state index contributed by atoms with van der Waals surface area (Å²) in [5, 5.41) is 0. The van der Waals surface area contributed by atoms with Gasteiger partial charge in [-0.2, -0.15) is 0 Å². The van der Waals surface area contributed by atoms with Crippen molar-refractivity contribution in [1.29, 1.82) is 0 Å². The van der Waals surface area contributed by atoms with Crippen LogP contribution in [0.1, 0.15) is 35.9 Å². The van der Waals surface area contributed by atoms with Gasteiger partial charge in [-0.1, -0.05) is 0 Å².